The maximum Gasteiger partial charge on any atom is 0.293 e. The molecule has 0 spiro atoms. The highest BCUT2D eigenvalue weighted by Gasteiger charge is 2.22. The van der Waals surface area contributed by atoms with Crippen LogP contribution in [0.1, 0.15) is 18.5 Å². The molecule has 3 aromatic rings. The first-order valence-electron chi connectivity index (χ1n) is 7.38. The van der Waals surface area contributed by atoms with Gasteiger partial charge >= 0.3 is 0 Å². The van der Waals surface area contributed by atoms with E-state index in [9.17, 15) is 4.79 Å². The Bertz CT molecular complexity index is 894. The third kappa shape index (κ3) is 3.19. The zero-order valence-electron chi connectivity index (χ0n) is 12.7. The van der Waals surface area contributed by atoms with E-state index in [1.165, 1.54) is 0 Å². The standard InChI is InChI=1S/C19H15N3O/c1-14(19(23)21-18-8-6-15(12-20)7-9-18)22-11-10-16-4-2-3-5-17(16)13-22/h2-11,13-14H,1H3/p+1/t14-/m0/s1. The molecule has 4 heteroatoms. The molecule has 3 rings (SSSR count). The van der Waals surface area contributed by atoms with E-state index in [4.69, 9.17) is 5.26 Å². The van der Waals surface area contributed by atoms with E-state index in [1.54, 1.807) is 24.3 Å². The maximum atomic E-state index is 12.4. The minimum atomic E-state index is -0.338. The number of anilines is 1. The lowest BCUT2D eigenvalue weighted by atomic mass is 10.1. The van der Waals surface area contributed by atoms with E-state index in [0.717, 1.165) is 10.8 Å². The molecule has 4 nitrogen and oxygen atoms in total. The van der Waals surface area contributed by atoms with Crippen LogP contribution < -0.4 is 9.88 Å². The van der Waals surface area contributed by atoms with Crippen molar-refractivity contribution in [2.24, 2.45) is 0 Å². The highest BCUT2D eigenvalue weighted by molar-refractivity contribution is 5.92. The van der Waals surface area contributed by atoms with Gasteiger partial charge in [-0.2, -0.15) is 9.83 Å². The van der Waals surface area contributed by atoms with Gasteiger partial charge in [-0.1, -0.05) is 18.2 Å². The van der Waals surface area contributed by atoms with Crippen LogP contribution in [0, 0.1) is 11.3 Å². The van der Waals surface area contributed by atoms with Crippen LogP contribution in [0.5, 0.6) is 0 Å². The number of nitrogens with one attached hydrogen (secondary N) is 1. The number of hydrogen-bond donors (Lipinski definition) is 1. The van der Waals surface area contributed by atoms with E-state index in [2.05, 4.69) is 11.4 Å². The van der Waals surface area contributed by atoms with Gasteiger partial charge in [-0.05, 0) is 35.7 Å². The molecule has 23 heavy (non-hydrogen) atoms. The largest absolute Gasteiger partial charge is 0.320 e. The molecule has 0 fully saturated rings. The second-order valence-electron chi connectivity index (χ2n) is 5.38. The first kappa shape index (κ1) is 14.7. The molecular formula is C19H16N3O+. The fraction of sp³-hybridized carbons (Fsp3) is 0.105. The summed E-state index contributed by atoms with van der Waals surface area (Å²) in [6.07, 6.45) is 3.88. The minimum absolute atomic E-state index is 0.102. The first-order valence-corrected chi connectivity index (χ1v) is 7.38. The average molecular weight is 302 g/mol. The summed E-state index contributed by atoms with van der Waals surface area (Å²) < 4.78 is 1.89. The van der Waals surface area contributed by atoms with Crippen molar-refractivity contribution in [1.29, 1.82) is 5.26 Å². The fourth-order valence-corrected chi connectivity index (χ4v) is 2.40. The molecule has 1 atom stereocenters. The number of hydrogen-bond acceptors (Lipinski definition) is 2. The van der Waals surface area contributed by atoms with Gasteiger partial charge in [0.1, 0.15) is 0 Å². The fourth-order valence-electron chi connectivity index (χ4n) is 2.40. The van der Waals surface area contributed by atoms with Crippen molar-refractivity contribution in [3.8, 4) is 6.07 Å². The molecule has 2 aromatic carbocycles. The second kappa shape index (κ2) is 6.29. The summed E-state index contributed by atoms with van der Waals surface area (Å²) in [6, 6.07) is 18.6. The summed E-state index contributed by atoms with van der Waals surface area (Å²) in [6.45, 7) is 1.85. The molecule has 0 bridgehead atoms. The van der Waals surface area contributed by atoms with Gasteiger partial charge in [0.15, 0.2) is 12.4 Å². The number of rotatable bonds is 3. The summed E-state index contributed by atoms with van der Waals surface area (Å²) in [4.78, 5) is 12.4. The Hall–Kier alpha value is -3.19. The number of fused-ring (bicyclic) bond motifs is 1. The summed E-state index contributed by atoms with van der Waals surface area (Å²) in [5, 5.41) is 13.9. The molecule has 0 unspecified atom stereocenters. The van der Waals surface area contributed by atoms with Gasteiger partial charge in [0.2, 0.25) is 6.04 Å². The number of amides is 1. The number of nitrogens with zero attached hydrogens (tertiary/aromatic N) is 2. The highest BCUT2D eigenvalue weighted by atomic mass is 16.2. The molecule has 0 radical (unpaired) electrons. The Kier molecular flexibility index (Phi) is 4.03. The van der Waals surface area contributed by atoms with Crippen molar-refractivity contribution in [1.82, 2.24) is 0 Å². The third-order valence-electron chi connectivity index (χ3n) is 3.82. The first-order chi connectivity index (χ1) is 11.2. The summed E-state index contributed by atoms with van der Waals surface area (Å²) in [5.74, 6) is -0.102. The SMILES string of the molecule is C[C@@H](C(=O)Nc1ccc(C#N)cc1)[n+]1ccc2ccccc2c1. The van der Waals surface area contributed by atoms with Crippen LogP contribution in [-0.4, -0.2) is 5.91 Å². The predicted molar refractivity (Wildman–Crippen MR) is 88.6 cm³/mol. The lowest BCUT2D eigenvalue weighted by Gasteiger charge is -2.09. The van der Waals surface area contributed by atoms with Gasteiger partial charge in [-0.3, -0.25) is 4.79 Å². The van der Waals surface area contributed by atoms with Crippen LogP contribution in [0.4, 0.5) is 5.69 Å². The van der Waals surface area contributed by atoms with Gasteiger partial charge in [-0.25, -0.2) is 0 Å². The van der Waals surface area contributed by atoms with Crippen LogP contribution in [0.25, 0.3) is 10.8 Å². The lowest BCUT2D eigenvalue weighted by molar-refractivity contribution is -0.704. The van der Waals surface area contributed by atoms with Crippen LogP contribution in [-0.2, 0) is 4.79 Å². The molecular weight excluding hydrogens is 286 g/mol. The van der Waals surface area contributed by atoms with Gasteiger partial charge < -0.3 is 5.32 Å². The molecule has 0 saturated carbocycles. The lowest BCUT2D eigenvalue weighted by Crippen LogP contribution is -2.44. The number of pyridine rings is 1. The van der Waals surface area contributed by atoms with E-state index in [0.29, 0.717) is 11.3 Å². The van der Waals surface area contributed by atoms with Crippen LogP contribution in [0.3, 0.4) is 0 Å². The molecule has 0 aliphatic rings. The van der Waals surface area contributed by atoms with E-state index >= 15 is 0 Å². The number of aromatic nitrogens is 1. The molecule has 0 saturated heterocycles. The minimum Gasteiger partial charge on any atom is -0.320 e. The summed E-state index contributed by atoms with van der Waals surface area (Å²) in [7, 11) is 0. The third-order valence-corrected chi connectivity index (χ3v) is 3.82. The van der Waals surface area contributed by atoms with Crippen molar-refractivity contribution in [3.63, 3.8) is 0 Å². The van der Waals surface area contributed by atoms with Crippen molar-refractivity contribution >= 4 is 22.4 Å². The molecule has 0 aliphatic heterocycles. The quantitative estimate of drug-likeness (QED) is 0.755. The van der Waals surface area contributed by atoms with E-state index in [1.807, 2.05) is 54.2 Å². The molecule has 1 heterocycles. The molecule has 1 N–H and O–H groups in total. The van der Waals surface area contributed by atoms with E-state index < -0.39 is 0 Å². The maximum absolute atomic E-state index is 12.4. The van der Waals surface area contributed by atoms with Crippen molar-refractivity contribution < 1.29 is 9.36 Å². The Morgan fingerprint density at radius 3 is 2.48 bits per heavy atom. The smallest absolute Gasteiger partial charge is 0.293 e. The molecule has 1 aromatic heterocycles. The summed E-state index contributed by atoms with van der Waals surface area (Å²) >= 11 is 0. The number of carbonyl (C=O) groups excluding carboxylic acids is 1. The Morgan fingerprint density at radius 2 is 1.78 bits per heavy atom. The second-order valence-corrected chi connectivity index (χ2v) is 5.38. The zero-order chi connectivity index (χ0) is 16.2. The number of nitriles is 1. The monoisotopic (exact) mass is 302 g/mol. The van der Waals surface area contributed by atoms with Gasteiger partial charge in [0.05, 0.1) is 11.6 Å². The molecule has 0 aliphatic carbocycles. The van der Waals surface area contributed by atoms with Crippen molar-refractivity contribution in [3.05, 3.63) is 72.6 Å². The van der Waals surface area contributed by atoms with Gasteiger partial charge in [-0.15, -0.1) is 0 Å². The predicted octanol–water partition coefficient (Wildman–Crippen LogP) is 3.20. The van der Waals surface area contributed by atoms with Crippen LogP contribution >= 0.6 is 0 Å². The highest BCUT2D eigenvalue weighted by Crippen LogP contribution is 2.13. The topological polar surface area (TPSA) is 56.8 Å². The average Bonchev–Trinajstić information content (AvgIpc) is 2.61. The van der Waals surface area contributed by atoms with Crippen molar-refractivity contribution in [2.75, 3.05) is 5.32 Å². The van der Waals surface area contributed by atoms with Crippen molar-refractivity contribution in [2.45, 2.75) is 13.0 Å². The normalized spacial score (nSPS) is 11.7. The van der Waals surface area contributed by atoms with Gasteiger partial charge in [0.25, 0.3) is 5.91 Å². The van der Waals surface area contributed by atoms with Crippen LogP contribution in [0.15, 0.2) is 67.0 Å². The number of carbonyl (C=O) groups is 1. The molecule has 1 amide bonds. The Labute approximate surface area is 134 Å². The van der Waals surface area contributed by atoms with E-state index in [-0.39, 0.29) is 11.9 Å². The molecule has 112 valence electrons. The Morgan fingerprint density at radius 1 is 1.09 bits per heavy atom. The van der Waals surface area contributed by atoms with Crippen LogP contribution in [0.2, 0.25) is 0 Å². The Balaban J connectivity index is 1.78. The zero-order valence-corrected chi connectivity index (χ0v) is 12.7. The van der Waals surface area contributed by atoms with Gasteiger partial charge in [0, 0.05) is 24.1 Å². The summed E-state index contributed by atoms with van der Waals surface area (Å²) in [5.41, 5.74) is 1.25. The number of benzene rings is 2.